The summed E-state index contributed by atoms with van der Waals surface area (Å²) in [6, 6.07) is 39.1. The molecule has 0 fully saturated rings. The number of methoxy groups -OCH3 is 2. The molecule has 266 valence electrons. The molecule has 1 unspecified atom stereocenters. The third-order valence-electron chi connectivity index (χ3n) is 8.01. The van der Waals surface area contributed by atoms with E-state index in [0.717, 1.165) is 10.5 Å². The van der Waals surface area contributed by atoms with Gasteiger partial charge in [-0.2, -0.15) is 10.1 Å². The van der Waals surface area contributed by atoms with Crippen LogP contribution in [0.1, 0.15) is 33.2 Å². The Labute approximate surface area is 310 Å². The van der Waals surface area contributed by atoms with Crippen LogP contribution in [0.5, 0.6) is 11.5 Å². The minimum Gasteiger partial charge on any atom is -0.493 e. The quantitative estimate of drug-likeness (QED) is 0.0949. The number of hydrogen-bond donors (Lipinski definition) is 3. The van der Waals surface area contributed by atoms with Gasteiger partial charge in [0.2, 0.25) is 5.91 Å². The van der Waals surface area contributed by atoms with E-state index in [2.05, 4.69) is 21.1 Å². The Hall–Kier alpha value is -6.66. The number of rotatable bonds is 12. The highest BCUT2D eigenvalue weighted by molar-refractivity contribution is 8.00. The Balaban J connectivity index is 1.20. The second-order valence-corrected chi connectivity index (χ2v) is 12.8. The zero-order chi connectivity index (χ0) is 37.2. The molecule has 12 heteroatoms. The number of benzene rings is 5. The number of nitrogens with zero attached hydrogens (tertiary/aromatic N) is 2. The Morgan fingerprint density at radius 1 is 0.774 bits per heavy atom. The standard InChI is InChI=1S/C41H35N5O6S/c1-51-34-20-12-17-29(37(34)52-2)25-33(43-39(48)28-15-8-4-9-16-28)40(49)42-30-21-23-32(24-22-30)53-38(27-13-6-3-7-14-27)41(50)44-35-26-36(47)46(45-35)31-18-10-5-11-19-31/h3-25,38H,26H2,1-2H3,(H,42,49)(H,43,48)(H,44,45,50)/b33-25-. The van der Waals surface area contributed by atoms with Crippen LogP contribution < -0.4 is 30.4 Å². The van der Waals surface area contributed by atoms with E-state index in [1.165, 1.54) is 37.1 Å². The Morgan fingerprint density at radius 3 is 2.09 bits per heavy atom. The smallest absolute Gasteiger partial charge is 0.272 e. The highest BCUT2D eigenvalue weighted by Gasteiger charge is 2.29. The topological polar surface area (TPSA) is 138 Å². The first-order valence-electron chi connectivity index (χ1n) is 16.5. The monoisotopic (exact) mass is 725 g/mol. The minimum absolute atomic E-state index is 0.0243. The van der Waals surface area contributed by atoms with Crippen LogP contribution >= 0.6 is 11.8 Å². The van der Waals surface area contributed by atoms with Gasteiger partial charge in [-0.3, -0.25) is 19.2 Å². The van der Waals surface area contributed by atoms with Gasteiger partial charge in [-0.1, -0.05) is 78.9 Å². The van der Waals surface area contributed by atoms with Gasteiger partial charge in [-0.15, -0.1) is 11.8 Å². The summed E-state index contributed by atoms with van der Waals surface area (Å²) < 4.78 is 11.0. The lowest BCUT2D eigenvalue weighted by Crippen LogP contribution is -2.33. The number of hydrazone groups is 1. The number of thioether (sulfide) groups is 1. The van der Waals surface area contributed by atoms with E-state index in [4.69, 9.17) is 9.47 Å². The summed E-state index contributed by atoms with van der Waals surface area (Å²) >= 11 is 1.31. The van der Waals surface area contributed by atoms with E-state index in [1.807, 2.05) is 48.5 Å². The molecule has 0 bridgehead atoms. The summed E-state index contributed by atoms with van der Waals surface area (Å²) in [7, 11) is 3.00. The van der Waals surface area contributed by atoms with E-state index in [0.29, 0.717) is 34.0 Å². The molecule has 3 N–H and O–H groups in total. The van der Waals surface area contributed by atoms with Crippen molar-refractivity contribution in [2.24, 2.45) is 5.10 Å². The number of nitrogens with one attached hydrogen (secondary N) is 3. The number of hydrogen-bond acceptors (Lipinski definition) is 8. The fraction of sp³-hybridized carbons (Fsp3) is 0.0976. The summed E-state index contributed by atoms with van der Waals surface area (Å²) in [5.41, 5.74) is 2.70. The molecule has 1 aliphatic heterocycles. The van der Waals surface area contributed by atoms with Crippen molar-refractivity contribution in [3.63, 3.8) is 0 Å². The zero-order valence-corrected chi connectivity index (χ0v) is 29.6. The van der Waals surface area contributed by atoms with Crippen molar-refractivity contribution in [2.45, 2.75) is 16.6 Å². The maximum atomic E-state index is 13.7. The molecule has 0 aliphatic carbocycles. The molecule has 5 aromatic carbocycles. The third-order valence-corrected chi connectivity index (χ3v) is 9.28. The molecule has 4 amide bonds. The van der Waals surface area contributed by atoms with Crippen LogP contribution in [0.3, 0.4) is 0 Å². The average molecular weight is 726 g/mol. The van der Waals surface area contributed by atoms with Crippen molar-refractivity contribution < 1.29 is 28.7 Å². The Morgan fingerprint density at radius 2 is 1.43 bits per heavy atom. The minimum atomic E-state index is -0.680. The predicted molar refractivity (Wildman–Crippen MR) is 206 cm³/mol. The summed E-state index contributed by atoms with van der Waals surface area (Å²) in [4.78, 5) is 54.0. The van der Waals surface area contributed by atoms with Crippen molar-refractivity contribution in [3.8, 4) is 11.5 Å². The first-order valence-corrected chi connectivity index (χ1v) is 17.4. The lowest BCUT2D eigenvalue weighted by Gasteiger charge is -2.17. The normalized spacial score (nSPS) is 13.1. The van der Waals surface area contributed by atoms with E-state index < -0.39 is 17.1 Å². The molecule has 5 aromatic rings. The molecule has 0 saturated carbocycles. The number of para-hydroxylation sites is 2. The van der Waals surface area contributed by atoms with Crippen LogP contribution in [-0.4, -0.2) is 43.7 Å². The lowest BCUT2D eigenvalue weighted by molar-refractivity contribution is -0.119. The fourth-order valence-corrected chi connectivity index (χ4v) is 6.48. The largest absolute Gasteiger partial charge is 0.493 e. The van der Waals surface area contributed by atoms with Gasteiger partial charge in [0.1, 0.15) is 16.8 Å². The third kappa shape index (κ3) is 8.99. The van der Waals surface area contributed by atoms with Crippen LogP contribution in [0.4, 0.5) is 11.4 Å². The summed E-state index contributed by atoms with van der Waals surface area (Å²) in [5.74, 6) is -0.495. The second-order valence-electron chi connectivity index (χ2n) is 11.6. The number of carbonyl (C=O) groups excluding carboxylic acids is 4. The fourth-order valence-electron chi connectivity index (χ4n) is 5.45. The predicted octanol–water partition coefficient (Wildman–Crippen LogP) is 6.81. The molecule has 1 heterocycles. The number of ether oxygens (including phenoxy) is 2. The summed E-state index contributed by atoms with van der Waals surface area (Å²) in [6.45, 7) is 0. The van der Waals surface area contributed by atoms with Crippen LogP contribution in [0.2, 0.25) is 0 Å². The van der Waals surface area contributed by atoms with Gasteiger partial charge in [-0.25, -0.2) is 0 Å². The summed E-state index contributed by atoms with van der Waals surface area (Å²) in [5, 5.41) is 13.4. The molecule has 0 aromatic heterocycles. The van der Waals surface area contributed by atoms with Crippen molar-refractivity contribution in [3.05, 3.63) is 156 Å². The highest BCUT2D eigenvalue weighted by Crippen LogP contribution is 2.36. The van der Waals surface area contributed by atoms with Gasteiger partial charge in [0, 0.05) is 21.7 Å². The van der Waals surface area contributed by atoms with Gasteiger partial charge in [0.25, 0.3) is 17.7 Å². The Bertz CT molecular complexity index is 2160. The molecule has 6 rings (SSSR count). The van der Waals surface area contributed by atoms with Crippen LogP contribution in [0.15, 0.2) is 149 Å². The van der Waals surface area contributed by atoms with Crippen molar-refractivity contribution in [1.82, 2.24) is 10.6 Å². The van der Waals surface area contributed by atoms with Gasteiger partial charge in [0.15, 0.2) is 11.5 Å². The van der Waals surface area contributed by atoms with Gasteiger partial charge in [0.05, 0.1) is 26.3 Å². The van der Waals surface area contributed by atoms with Crippen molar-refractivity contribution >= 4 is 58.7 Å². The van der Waals surface area contributed by atoms with Crippen molar-refractivity contribution in [2.75, 3.05) is 24.5 Å². The molecule has 0 spiro atoms. The van der Waals surface area contributed by atoms with Gasteiger partial charge < -0.3 is 25.4 Å². The van der Waals surface area contributed by atoms with E-state index >= 15 is 0 Å². The molecule has 1 atom stereocenters. The molecule has 0 saturated heterocycles. The maximum absolute atomic E-state index is 13.7. The average Bonchev–Trinajstić information content (AvgIpc) is 3.57. The van der Waals surface area contributed by atoms with Gasteiger partial charge in [-0.05, 0) is 66.2 Å². The Kier molecular flexibility index (Phi) is 11.6. The first kappa shape index (κ1) is 36.1. The van der Waals surface area contributed by atoms with Crippen molar-refractivity contribution in [1.29, 1.82) is 0 Å². The first-order chi connectivity index (χ1) is 25.8. The lowest BCUT2D eigenvalue weighted by atomic mass is 10.1. The molecule has 53 heavy (non-hydrogen) atoms. The molecular weight excluding hydrogens is 691 g/mol. The van der Waals surface area contributed by atoms with E-state index in [-0.39, 0.29) is 29.8 Å². The molecule has 11 nitrogen and oxygen atoms in total. The molecule has 0 radical (unpaired) electrons. The number of carbonyl (C=O) groups is 4. The second kappa shape index (κ2) is 17.0. The number of anilines is 2. The van der Waals surface area contributed by atoms with E-state index in [1.54, 1.807) is 84.9 Å². The van der Waals surface area contributed by atoms with Crippen LogP contribution in [-0.2, 0) is 14.4 Å². The van der Waals surface area contributed by atoms with Crippen LogP contribution in [0, 0.1) is 0 Å². The highest BCUT2D eigenvalue weighted by atomic mass is 32.2. The zero-order valence-electron chi connectivity index (χ0n) is 28.8. The van der Waals surface area contributed by atoms with E-state index in [9.17, 15) is 19.2 Å². The number of amides is 4. The molecule has 1 aliphatic rings. The maximum Gasteiger partial charge on any atom is 0.272 e. The van der Waals surface area contributed by atoms with Gasteiger partial charge >= 0.3 is 0 Å². The number of amidine groups is 1. The summed E-state index contributed by atoms with van der Waals surface area (Å²) in [6.07, 6.45) is 1.49. The SMILES string of the molecule is COc1cccc(/C=C(\NC(=O)c2ccccc2)C(=O)Nc2ccc(SC(C(=O)NC3=NN(c4ccccc4)C(=O)C3)c3ccccc3)cc2)c1OC. The van der Waals surface area contributed by atoms with Crippen LogP contribution in [0.25, 0.3) is 6.08 Å². The molecular formula is C41H35N5O6S.